The van der Waals surface area contributed by atoms with Crippen molar-refractivity contribution in [1.82, 2.24) is 0 Å². The first-order valence-electron chi connectivity index (χ1n) is 0. The van der Waals surface area contributed by atoms with Gasteiger partial charge in [0.05, 0.1) is 0 Å². The smallest absolute Gasteiger partial charge is 1.00 e. The first-order chi connectivity index (χ1) is 0. The molecule has 6 heavy (non-hydrogen) atoms. The Bertz CT molecular complexity index is 7.51. The standard InChI is InChI=1S/4FH.Ti.Zr/h4*1H;;/q;;;;2*+4/p-4. The average molecular weight is 215 g/mol. The molecule has 6 heteroatoms. The van der Waals surface area contributed by atoms with Gasteiger partial charge >= 0.3 is 47.9 Å². The summed E-state index contributed by atoms with van der Waals surface area (Å²) >= 11 is 0. The van der Waals surface area contributed by atoms with Crippen molar-refractivity contribution in [3.8, 4) is 0 Å². The molecular formula is F4TiZr+4. The second-order valence-electron chi connectivity index (χ2n) is 0. The predicted octanol–water partition coefficient (Wildman–Crippen LogP) is -12.0. The molecule has 0 aromatic rings. The molecule has 0 saturated heterocycles. The van der Waals surface area contributed by atoms with E-state index in [2.05, 4.69) is 0 Å². The van der Waals surface area contributed by atoms with Gasteiger partial charge in [0, 0.05) is 0 Å². The van der Waals surface area contributed by atoms with E-state index in [0.29, 0.717) is 0 Å². The van der Waals surface area contributed by atoms with Crippen molar-refractivity contribution in [2.45, 2.75) is 0 Å². The summed E-state index contributed by atoms with van der Waals surface area (Å²) in [6, 6.07) is 0. The van der Waals surface area contributed by atoms with Crippen LogP contribution in [0.15, 0.2) is 0 Å². The maximum Gasteiger partial charge on any atom is 4.00 e. The van der Waals surface area contributed by atoms with Crippen LogP contribution in [0.1, 0.15) is 0 Å². The Balaban J connectivity index is 0. The summed E-state index contributed by atoms with van der Waals surface area (Å²) in [4.78, 5) is 0. The van der Waals surface area contributed by atoms with Crippen LogP contribution in [0.5, 0.6) is 0 Å². The van der Waals surface area contributed by atoms with Gasteiger partial charge in [0.2, 0.25) is 0 Å². The third kappa shape index (κ3) is 57.1. The first kappa shape index (κ1) is 168. The molecule has 0 amide bonds. The third-order valence-electron chi connectivity index (χ3n) is 0. The molecule has 0 aliphatic rings. The topological polar surface area (TPSA) is 0 Å². The molecule has 0 atom stereocenters. The van der Waals surface area contributed by atoms with Gasteiger partial charge in [-0.05, 0) is 0 Å². The zero-order valence-corrected chi connectivity index (χ0v) is 6.53. The fraction of sp³-hybridized carbons (Fsp3) is 0. The SMILES string of the molecule is [F-].[F-].[F-].[F-].[Ti+4].[Zr+4]. The molecule has 0 saturated carbocycles. The van der Waals surface area contributed by atoms with Crippen LogP contribution >= 0.6 is 0 Å². The van der Waals surface area contributed by atoms with E-state index >= 15 is 0 Å². The van der Waals surface area contributed by atoms with E-state index in [9.17, 15) is 0 Å². The molecule has 32 valence electrons. The fourth-order valence-electron chi connectivity index (χ4n) is 0. The van der Waals surface area contributed by atoms with Crippen LogP contribution in [0.25, 0.3) is 0 Å². The molecule has 0 heterocycles. The summed E-state index contributed by atoms with van der Waals surface area (Å²) in [7, 11) is 0. The van der Waals surface area contributed by atoms with Crippen LogP contribution in [0.3, 0.4) is 0 Å². The fourth-order valence-corrected chi connectivity index (χ4v) is 0. The van der Waals surface area contributed by atoms with Crippen LogP contribution in [-0.4, -0.2) is 0 Å². The van der Waals surface area contributed by atoms with Gasteiger partial charge in [0.1, 0.15) is 0 Å². The van der Waals surface area contributed by atoms with Gasteiger partial charge in [0.15, 0.2) is 0 Å². The Morgan fingerprint density at radius 1 is 0.500 bits per heavy atom. The molecule has 0 spiro atoms. The zero-order valence-electron chi connectivity index (χ0n) is 2.51. The van der Waals surface area contributed by atoms with Gasteiger partial charge in [-0.25, -0.2) is 0 Å². The summed E-state index contributed by atoms with van der Waals surface area (Å²) in [5.74, 6) is 0. The van der Waals surface area contributed by atoms with Crippen molar-refractivity contribution in [3.63, 3.8) is 0 Å². The minimum atomic E-state index is 0. The van der Waals surface area contributed by atoms with Crippen LogP contribution in [-0.2, 0) is 47.9 Å². The van der Waals surface area contributed by atoms with Crippen molar-refractivity contribution in [3.05, 3.63) is 0 Å². The van der Waals surface area contributed by atoms with E-state index in [-0.39, 0.29) is 66.7 Å². The van der Waals surface area contributed by atoms with E-state index in [1.807, 2.05) is 0 Å². The van der Waals surface area contributed by atoms with E-state index in [1.165, 1.54) is 0 Å². The van der Waals surface area contributed by atoms with Gasteiger partial charge in [-0.2, -0.15) is 0 Å². The molecular weight excluding hydrogens is 215 g/mol. The Morgan fingerprint density at radius 2 is 0.500 bits per heavy atom. The Kier molecular flexibility index (Phi) is 2890. The number of hydrogen-bond acceptors (Lipinski definition) is 0. The van der Waals surface area contributed by atoms with Crippen molar-refractivity contribution in [2.75, 3.05) is 0 Å². The van der Waals surface area contributed by atoms with Gasteiger partial charge in [-0.3, -0.25) is 0 Å². The number of halogens is 4. The maximum absolute atomic E-state index is 0. The van der Waals surface area contributed by atoms with Crippen LogP contribution < -0.4 is 18.8 Å². The molecule has 0 unspecified atom stereocenters. The van der Waals surface area contributed by atoms with Gasteiger partial charge < -0.3 is 18.8 Å². The van der Waals surface area contributed by atoms with Crippen molar-refractivity contribution in [2.24, 2.45) is 0 Å². The van der Waals surface area contributed by atoms with Crippen LogP contribution in [0, 0.1) is 0 Å². The molecule has 0 nitrogen and oxygen atoms in total. The quantitative estimate of drug-likeness (QED) is 0.278. The molecule has 0 N–H and O–H groups in total. The minimum Gasteiger partial charge on any atom is -1.00 e. The molecule has 0 aliphatic carbocycles. The molecule has 0 bridgehead atoms. The second-order valence-corrected chi connectivity index (χ2v) is 0. The van der Waals surface area contributed by atoms with E-state index < -0.39 is 0 Å². The maximum atomic E-state index is 0. The summed E-state index contributed by atoms with van der Waals surface area (Å²) in [6.07, 6.45) is 0. The molecule has 0 fully saturated rings. The summed E-state index contributed by atoms with van der Waals surface area (Å²) in [6.45, 7) is 0. The van der Waals surface area contributed by atoms with Crippen molar-refractivity contribution < 1.29 is 66.7 Å². The second kappa shape index (κ2) is 103. The molecule has 0 aliphatic heterocycles. The average Bonchev–Trinajstić information content (AvgIpc) is 0. The van der Waals surface area contributed by atoms with E-state index in [1.54, 1.807) is 0 Å². The normalized spacial score (nSPS) is 0. The summed E-state index contributed by atoms with van der Waals surface area (Å²) < 4.78 is 0. The van der Waals surface area contributed by atoms with Crippen molar-refractivity contribution in [1.29, 1.82) is 0 Å². The van der Waals surface area contributed by atoms with Gasteiger partial charge in [-0.1, -0.05) is 0 Å². The number of rotatable bonds is 0. The minimum absolute atomic E-state index is 0. The van der Waals surface area contributed by atoms with Crippen LogP contribution in [0.2, 0.25) is 0 Å². The Hall–Kier alpha value is 1.32. The Morgan fingerprint density at radius 3 is 0.500 bits per heavy atom. The molecule has 0 aromatic heterocycles. The largest absolute Gasteiger partial charge is 4.00 e. The summed E-state index contributed by atoms with van der Waals surface area (Å²) in [5.41, 5.74) is 0. The zero-order chi connectivity index (χ0) is 0. The molecule has 0 aromatic carbocycles. The van der Waals surface area contributed by atoms with E-state index in [0.717, 1.165) is 0 Å². The molecule has 0 rings (SSSR count). The predicted molar refractivity (Wildman–Crippen MR) is 0 cm³/mol. The molecule has 0 radical (unpaired) electrons. The monoisotopic (exact) mass is 214 g/mol. The number of hydrogen-bond donors (Lipinski definition) is 0. The van der Waals surface area contributed by atoms with Gasteiger partial charge in [0.25, 0.3) is 0 Å². The third-order valence-corrected chi connectivity index (χ3v) is 0. The van der Waals surface area contributed by atoms with E-state index in [4.69, 9.17) is 0 Å². The van der Waals surface area contributed by atoms with Gasteiger partial charge in [-0.15, -0.1) is 0 Å². The summed E-state index contributed by atoms with van der Waals surface area (Å²) in [5, 5.41) is 0. The Labute approximate surface area is 66.5 Å². The first-order valence-corrected chi connectivity index (χ1v) is 0. The van der Waals surface area contributed by atoms with Crippen LogP contribution in [0.4, 0.5) is 0 Å². The van der Waals surface area contributed by atoms with Crippen molar-refractivity contribution >= 4 is 0 Å².